The second-order valence-electron chi connectivity index (χ2n) is 4.24. The lowest BCUT2D eigenvalue weighted by atomic mass is 10.4. The van der Waals surface area contributed by atoms with E-state index in [2.05, 4.69) is 0 Å². The van der Waals surface area contributed by atoms with Gasteiger partial charge in [0, 0.05) is 6.42 Å². The molecule has 2 aliphatic carbocycles. The summed E-state index contributed by atoms with van der Waals surface area (Å²) in [5.74, 6) is 0. The van der Waals surface area contributed by atoms with Crippen LogP contribution < -0.4 is 0 Å². The lowest BCUT2D eigenvalue weighted by Crippen LogP contribution is -2.36. The van der Waals surface area contributed by atoms with Gasteiger partial charge in [0.05, 0.1) is 12.2 Å². The van der Waals surface area contributed by atoms with Crippen molar-refractivity contribution in [2.24, 2.45) is 0 Å². The van der Waals surface area contributed by atoms with Crippen LogP contribution in [0, 0.1) is 0 Å². The molecule has 0 aromatic heterocycles. The van der Waals surface area contributed by atoms with Gasteiger partial charge in [-0.2, -0.15) is 0 Å². The molecule has 0 aromatic rings. The molecule has 0 atom stereocenters. The van der Waals surface area contributed by atoms with E-state index in [4.69, 9.17) is 9.47 Å². The van der Waals surface area contributed by atoms with Crippen LogP contribution in [0.4, 0.5) is 0 Å². The minimum Gasteiger partial charge on any atom is -0.337 e. The molecule has 2 saturated carbocycles. The van der Waals surface area contributed by atoms with E-state index in [-0.39, 0.29) is 18.6 Å². The van der Waals surface area contributed by atoms with Crippen LogP contribution in [0.3, 0.4) is 0 Å². The molecule has 0 radical (unpaired) electrons. The van der Waals surface area contributed by atoms with Gasteiger partial charge in [0.15, 0.2) is 0 Å². The fourth-order valence-corrected chi connectivity index (χ4v) is 2.42. The summed E-state index contributed by atoms with van der Waals surface area (Å²) in [7, 11) is -4.38. The van der Waals surface area contributed by atoms with E-state index in [0.29, 0.717) is 0 Å². The van der Waals surface area contributed by atoms with Crippen LogP contribution in [-0.2, 0) is 14.0 Å². The van der Waals surface area contributed by atoms with Crippen LogP contribution in [0.2, 0.25) is 0 Å². The molecule has 0 heterocycles. The number of ether oxygens (including phenoxy) is 2. The van der Waals surface area contributed by atoms with Crippen LogP contribution in [-0.4, -0.2) is 27.5 Å². The zero-order valence-corrected chi connectivity index (χ0v) is 9.65. The Hall–Kier alpha value is 0.0700. The van der Waals surface area contributed by atoms with E-state index in [1.54, 1.807) is 6.92 Å². The highest BCUT2D eigenvalue weighted by atomic mass is 31.2. The Labute approximate surface area is 88.9 Å². The van der Waals surface area contributed by atoms with E-state index >= 15 is 0 Å². The third-order valence-corrected chi connectivity index (χ3v) is 4.06. The predicted octanol–water partition coefficient (Wildman–Crippen LogP) is 1.59. The molecule has 6 heteroatoms. The van der Waals surface area contributed by atoms with Gasteiger partial charge >= 0.3 is 7.60 Å². The maximum atomic E-state index is 11.5. The summed E-state index contributed by atoms with van der Waals surface area (Å²) in [5, 5.41) is 0. The summed E-state index contributed by atoms with van der Waals surface area (Å²) >= 11 is 0. The SMILES string of the molecule is CCC(OC1CC1)(OC1CC1)P(=O)(O)O. The molecule has 15 heavy (non-hydrogen) atoms. The summed E-state index contributed by atoms with van der Waals surface area (Å²) in [6.45, 7) is 1.68. The Morgan fingerprint density at radius 1 is 1.20 bits per heavy atom. The van der Waals surface area contributed by atoms with E-state index in [9.17, 15) is 14.4 Å². The van der Waals surface area contributed by atoms with Crippen molar-refractivity contribution in [2.75, 3.05) is 0 Å². The molecule has 0 unspecified atom stereocenters. The lowest BCUT2D eigenvalue weighted by molar-refractivity contribution is -0.204. The molecule has 5 nitrogen and oxygen atoms in total. The summed E-state index contributed by atoms with van der Waals surface area (Å²) in [5.41, 5.74) is -1.69. The maximum absolute atomic E-state index is 11.5. The lowest BCUT2D eigenvalue weighted by Gasteiger charge is -2.33. The van der Waals surface area contributed by atoms with Gasteiger partial charge in [0.2, 0.25) is 0 Å². The van der Waals surface area contributed by atoms with Crippen LogP contribution >= 0.6 is 7.60 Å². The normalized spacial score (nSPS) is 23.1. The second kappa shape index (κ2) is 3.82. The molecule has 2 aliphatic rings. The third-order valence-electron chi connectivity index (χ3n) is 2.64. The Morgan fingerprint density at radius 2 is 1.60 bits per heavy atom. The average molecular weight is 236 g/mol. The van der Waals surface area contributed by atoms with E-state index < -0.39 is 13.1 Å². The summed E-state index contributed by atoms with van der Waals surface area (Å²) < 4.78 is 22.3. The molecule has 0 saturated heterocycles. The minimum atomic E-state index is -4.38. The monoisotopic (exact) mass is 236 g/mol. The highest BCUT2D eigenvalue weighted by Gasteiger charge is 2.54. The zero-order chi connectivity index (χ0) is 11.1. The van der Waals surface area contributed by atoms with Gasteiger partial charge in [-0.1, -0.05) is 6.92 Å². The van der Waals surface area contributed by atoms with Crippen molar-refractivity contribution in [3.05, 3.63) is 0 Å². The molecule has 2 rings (SSSR count). The van der Waals surface area contributed by atoms with Gasteiger partial charge in [-0.3, -0.25) is 4.57 Å². The van der Waals surface area contributed by atoms with Gasteiger partial charge in [0.1, 0.15) is 0 Å². The number of hydrogen-bond acceptors (Lipinski definition) is 3. The maximum Gasteiger partial charge on any atom is 0.384 e. The Kier molecular flexibility index (Phi) is 2.95. The minimum absolute atomic E-state index is 0.0312. The smallest absolute Gasteiger partial charge is 0.337 e. The molecule has 0 aromatic carbocycles. The summed E-state index contributed by atoms with van der Waals surface area (Å²) in [6, 6.07) is 0. The topological polar surface area (TPSA) is 76.0 Å². The zero-order valence-electron chi connectivity index (χ0n) is 8.76. The second-order valence-corrected chi connectivity index (χ2v) is 6.01. The Morgan fingerprint density at radius 3 is 1.80 bits per heavy atom. The van der Waals surface area contributed by atoms with Crippen LogP contribution in [0.25, 0.3) is 0 Å². The van der Waals surface area contributed by atoms with Crippen LogP contribution in [0.5, 0.6) is 0 Å². The summed E-state index contributed by atoms with van der Waals surface area (Å²) in [6.07, 6.45) is 3.61. The highest BCUT2D eigenvalue weighted by Crippen LogP contribution is 2.57. The van der Waals surface area contributed by atoms with Gasteiger partial charge in [0.25, 0.3) is 5.53 Å². The Bertz CT molecular complexity index is 264. The molecule has 2 N–H and O–H groups in total. The highest BCUT2D eigenvalue weighted by molar-refractivity contribution is 7.53. The fraction of sp³-hybridized carbons (Fsp3) is 1.00. The van der Waals surface area contributed by atoms with Gasteiger partial charge in [-0.15, -0.1) is 0 Å². The first-order valence-corrected chi connectivity index (χ1v) is 6.99. The first-order valence-electron chi connectivity index (χ1n) is 5.38. The van der Waals surface area contributed by atoms with Crippen LogP contribution in [0.1, 0.15) is 39.0 Å². The van der Waals surface area contributed by atoms with Crippen molar-refractivity contribution in [2.45, 2.75) is 56.8 Å². The van der Waals surface area contributed by atoms with Crippen molar-refractivity contribution >= 4 is 7.60 Å². The summed E-state index contributed by atoms with van der Waals surface area (Å²) in [4.78, 5) is 18.7. The van der Waals surface area contributed by atoms with E-state index in [1.165, 1.54) is 0 Å². The molecule has 0 bridgehead atoms. The van der Waals surface area contributed by atoms with E-state index in [0.717, 1.165) is 25.7 Å². The van der Waals surface area contributed by atoms with E-state index in [1.807, 2.05) is 0 Å². The van der Waals surface area contributed by atoms with Gasteiger partial charge in [-0.05, 0) is 25.7 Å². The molecule has 2 fully saturated rings. The molecule has 0 amide bonds. The predicted molar refractivity (Wildman–Crippen MR) is 53.3 cm³/mol. The van der Waals surface area contributed by atoms with Gasteiger partial charge < -0.3 is 19.3 Å². The standard InChI is InChI=1S/C9H17O5P/c1-2-9(15(10,11)12,13-7-3-4-7)14-8-5-6-8/h7-8H,2-6H2,1H3,(H2,10,11,12). The molecular formula is C9H17O5P. The first kappa shape index (κ1) is 11.6. The Balaban J connectivity index is 2.11. The van der Waals surface area contributed by atoms with Crippen LogP contribution in [0.15, 0.2) is 0 Å². The number of hydrogen-bond donors (Lipinski definition) is 2. The quantitative estimate of drug-likeness (QED) is 0.541. The molecular weight excluding hydrogens is 219 g/mol. The van der Waals surface area contributed by atoms with Crippen molar-refractivity contribution < 1.29 is 23.8 Å². The van der Waals surface area contributed by atoms with Gasteiger partial charge in [-0.25, -0.2) is 0 Å². The molecule has 88 valence electrons. The first-order chi connectivity index (χ1) is 6.97. The molecule has 0 aliphatic heterocycles. The van der Waals surface area contributed by atoms with Crippen molar-refractivity contribution in [3.8, 4) is 0 Å². The largest absolute Gasteiger partial charge is 0.384 e. The van der Waals surface area contributed by atoms with Crippen molar-refractivity contribution in [1.29, 1.82) is 0 Å². The third kappa shape index (κ3) is 2.60. The fourth-order valence-electron chi connectivity index (χ4n) is 1.43. The van der Waals surface area contributed by atoms with Crippen molar-refractivity contribution in [1.82, 2.24) is 0 Å². The average Bonchev–Trinajstić information content (AvgIpc) is 2.94. The van der Waals surface area contributed by atoms with Crippen molar-refractivity contribution in [3.63, 3.8) is 0 Å². The number of rotatable bonds is 6. The molecule has 0 spiro atoms.